The number of hydrogen-bond acceptors (Lipinski definition) is 8. The van der Waals surface area contributed by atoms with Crippen LogP contribution >= 0.6 is 11.6 Å². The normalized spacial score (nSPS) is 15.4. The van der Waals surface area contributed by atoms with Crippen molar-refractivity contribution in [1.29, 1.82) is 0 Å². The summed E-state index contributed by atoms with van der Waals surface area (Å²) in [6.07, 6.45) is 0. The maximum Gasteiger partial charge on any atom is 0.246 e. The molecule has 3 aromatic rings. The van der Waals surface area contributed by atoms with Crippen molar-refractivity contribution in [2.45, 2.75) is 6.61 Å². The quantitative estimate of drug-likeness (QED) is 0.481. The van der Waals surface area contributed by atoms with Gasteiger partial charge in [0.15, 0.2) is 17.3 Å². The summed E-state index contributed by atoms with van der Waals surface area (Å²) in [5, 5.41) is 7.69. The molecule has 5 rings (SSSR count). The van der Waals surface area contributed by atoms with Gasteiger partial charge in [-0.1, -0.05) is 22.8 Å². The van der Waals surface area contributed by atoms with Crippen molar-refractivity contribution >= 4 is 23.2 Å². The molecular weight excluding hydrogens is 472 g/mol. The first-order valence-corrected chi connectivity index (χ1v) is 11.9. The minimum atomic E-state index is -0.151. The third-order valence-electron chi connectivity index (χ3n) is 5.99. The average Bonchev–Trinajstić information content (AvgIpc) is 3.54. The Morgan fingerprint density at radius 3 is 2.77 bits per heavy atom. The van der Waals surface area contributed by atoms with E-state index in [1.165, 1.54) is 0 Å². The molecule has 1 fully saturated rings. The Kier molecular flexibility index (Phi) is 7.37. The van der Waals surface area contributed by atoms with Gasteiger partial charge >= 0.3 is 0 Å². The molecule has 1 amide bonds. The highest BCUT2D eigenvalue weighted by molar-refractivity contribution is 6.30. The molecule has 2 aromatic carbocycles. The van der Waals surface area contributed by atoms with E-state index in [1.807, 2.05) is 36.4 Å². The predicted octanol–water partition coefficient (Wildman–Crippen LogP) is 3.18. The third-order valence-corrected chi connectivity index (χ3v) is 6.23. The number of amides is 1. The number of carbonyl (C=O) groups excluding carboxylic acids is 1. The van der Waals surface area contributed by atoms with Crippen LogP contribution in [0.15, 0.2) is 53.1 Å². The number of carbonyl (C=O) groups is 1. The number of rotatable bonds is 9. The van der Waals surface area contributed by atoms with Crippen LogP contribution in [0.25, 0.3) is 11.3 Å². The standard InChI is InChI=1S/C25H27ClN4O5/c26-19-2-1-3-21(13-19)30-10-8-29(9-11-30)7-6-27-25(31)16-32-15-20-14-23(35-28-20)18-4-5-22-24(12-18)34-17-33-22/h1-5,12-14H,6-11,15-17H2,(H,27,31). The number of halogens is 1. The molecule has 10 heteroatoms. The van der Waals surface area contributed by atoms with E-state index in [0.717, 1.165) is 49.0 Å². The summed E-state index contributed by atoms with van der Waals surface area (Å²) >= 11 is 6.10. The minimum Gasteiger partial charge on any atom is -0.454 e. The fraction of sp³-hybridized carbons (Fsp3) is 0.360. The zero-order chi connectivity index (χ0) is 24.0. The van der Waals surface area contributed by atoms with Crippen molar-refractivity contribution in [3.8, 4) is 22.8 Å². The van der Waals surface area contributed by atoms with Crippen molar-refractivity contribution in [1.82, 2.24) is 15.4 Å². The highest BCUT2D eigenvalue weighted by Gasteiger charge is 2.18. The molecule has 0 spiro atoms. The topological polar surface area (TPSA) is 89.3 Å². The highest BCUT2D eigenvalue weighted by atomic mass is 35.5. The monoisotopic (exact) mass is 498 g/mol. The Morgan fingerprint density at radius 2 is 1.91 bits per heavy atom. The van der Waals surface area contributed by atoms with Gasteiger partial charge in [-0.3, -0.25) is 9.69 Å². The average molecular weight is 499 g/mol. The molecule has 0 saturated carbocycles. The van der Waals surface area contributed by atoms with Crippen LogP contribution in [0, 0.1) is 0 Å². The lowest BCUT2D eigenvalue weighted by atomic mass is 10.1. The van der Waals surface area contributed by atoms with Crippen molar-refractivity contribution in [2.75, 3.05) is 57.6 Å². The molecule has 0 unspecified atom stereocenters. The van der Waals surface area contributed by atoms with Gasteiger partial charge in [-0.25, -0.2) is 0 Å². The Bertz CT molecular complexity index is 1160. The van der Waals surface area contributed by atoms with Gasteiger partial charge in [-0.2, -0.15) is 0 Å². The Morgan fingerprint density at radius 1 is 1.06 bits per heavy atom. The molecule has 2 aliphatic heterocycles. The smallest absolute Gasteiger partial charge is 0.246 e. The second-order valence-corrected chi connectivity index (χ2v) is 8.84. The number of fused-ring (bicyclic) bond motifs is 1. The highest BCUT2D eigenvalue weighted by Crippen LogP contribution is 2.36. The Hall–Kier alpha value is -3.27. The lowest BCUT2D eigenvalue weighted by Gasteiger charge is -2.36. The van der Waals surface area contributed by atoms with Crippen LogP contribution in [-0.4, -0.2) is 68.6 Å². The maximum atomic E-state index is 12.1. The van der Waals surface area contributed by atoms with E-state index in [4.69, 9.17) is 30.3 Å². The zero-order valence-electron chi connectivity index (χ0n) is 19.2. The van der Waals surface area contributed by atoms with E-state index >= 15 is 0 Å². The van der Waals surface area contributed by atoms with Crippen LogP contribution in [0.4, 0.5) is 5.69 Å². The number of aromatic nitrogens is 1. The lowest BCUT2D eigenvalue weighted by Crippen LogP contribution is -2.48. The predicted molar refractivity (Wildman–Crippen MR) is 131 cm³/mol. The van der Waals surface area contributed by atoms with E-state index in [1.54, 1.807) is 6.07 Å². The summed E-state index contributed by atoms with van der Waals surface area (Å²) in [6, 6.07) is 15.3. The van der Waals surface area contributed by atoms with Crippen LogP contribution in [0.5, 0.6) is 11.5 Å². The summed E-state index contributed by atoms with van der Waals surface area (Å²) in [6.45, 7) is 5.51. The molecule has 2 aliphatic rings. The van der Waals surface area contributed by atoms with Gasteiger partial charge in [0.1, 0.15) is 12.3 Å². The van der Waals surface area contributed by atoms with E-state index in [0.29, 0.717) is 29.5 Å². The van der Waals surface area contributed by atoms with Crippen LogP contribution in [0.3, 0.4) is 0 Å². The first-order valence-electron chi connectivity index (χ1n) is 11.6. The first-order chi connectivity index (χ1) is 17.1. The summed E-state index contributed by atoms with van der Waals surface area (Å²) in [5.41, 5.74) is 2.60. The number of anilines is 1. The largest absolute Gasteiger partial charge is 0.454 e. The first kappa shape index (κ1) is 23.5. The van der Waals surface area contributed by atoms with Gasteiger partial charge in [0.2, 0.25) is 12.7 Å². The van der Waals surface area contributed by atoms with E-state index in [2.05, 4.69) is 26.3 Å². The number of nitrogens with one attached hydrogen (secondary N) is 1. The minimum absolute atomic E-state index is 0.0330. The van der Waals surface area contributed by atoms with Gasteiger partial charge in [-0.15, -0.1) is 0 Å². The van der Waals surface area contributed by atoms with Gasteiger partial charge < -0.3 is 29.0 Å². The van der Waals surface area contributed by atoms with Crippen LogP contribution in [-0.2, 0) is 16.1 Å². The maximum absolute atomic E-state index is 12.1. The van der Waals surface area contributed by atoms with Crippen LogP contribution < -0.4 is 19.7 Å². The van der Waals surface area contributed by atoms with Gasteiger partial charge in [-0.05, 0) is 36.4 Å². The van der Waals surface area contributed by atoms with Crippen molar-refractivity contribution in [3.05, 3.63) is 59.2 Å². The SMILES string of the molecule is O=C(COCc1cc(-c2ccc3c(c2)OCO3)on1)NCCN1CCN(c2cccc(Cl)c2)CC1. The second kappa shape index (κ2) is 11.0. The van der Waals surface area contributed by atoms with Gasteiger partial charge in [0.05, 0.1) is 6.61 Å². The van der Waals surface area contributed by atoms with Crippen molar-refractivity contribution < 1.29 is 23.5 Å². The molecule has 3 heterocycles. The summed E-state index contributed by atoms with van der Waals surface area (Å²) in [5.74, 6) is 1.84. The molecule has 9 nitrogen and oxygen atoms in total. The zero-order valence-corrected chi connectivity index (χ0v) is 20.0. The Labute approximate surface area is 208 Å². The van der Waals surface area contributed by atoms with Crippen molar-refractivity contribution in [3.63, 3.8) is 0 Å². The summed E-state index contributed by atoms with van der Waals surface area (Å²) < 4.78 is 21.6. The Balaban J connectivity index is 0.980. The molecule has 184 valence electrons. The molecular formula is C25H27ClN4O5. The fourth-order valence-electron chi connectivity index (χ4n) is 4.12. The molecule has 1 aromatic heterocycles. The lowest BCUT2D eigenvalue weighted by molar-refractivity contribution is -0.126. The number of piperazine rings is 1. The molecule has 0 atom stereocenters. The second-order valence-electron chi connectivity index (χ2n) is 8.40. The molecule has 0 bridgehead atoms. The molecule has 1 N–H and O–H groups in total. The van der Waals surface area contributed by atoms with Crippen molar-refractivity contribution in [2.24, 2.45) is 0 Å². The number of hydrogen-bond donors (Lipinski definition) is 1. The van der Waals surface area contributed by atoms with Crippen LogP contribution in [0.1, 0.15) is 5.69 Å². The van der Waals surface area contributed by atoms with Gasteiger partial charge in [0.25, 0.3) is 0 Å². The fourth-order valence-corrected chi connectivity index (χ4v) is 4.31. The molecule has 0 aliphatic carbocycles. The molecule has 35 heavy (non-hydrogen) atoms. The van der Waals surface area contributed by atoms with Gasteiger partial charge in [0, 0.05) is 61.6 Å². The molecule has 1 saturated heterocycles. The van der Waals surface area contributed by atoms with E-state index in [9.17, 15) is 4.79 Å². The number of benzene rings is 2. The van der Waals surface area contributed by atoms with Crippen LogP contribution in [0.2, 0.25) is 5.02 Å². The number of nitrogens with zero attached hydrogens (tertiary/aromatic N) is 3. The summed E-state index contributed by atoms with van der Waals surface area (Å²) in [4.78, 5) is 16.8. The third kappa shape index (κ3) is 6.05. The molecule has 0 radical (unpaired) electrons. The van der Waals surface area contributed by atoms with E-state index in [-0.39, 0.29) is 25.9 Å². The van der Waals surface area contributed by atoms with E-state index < -0.39 is 0 Å². The summed E-state index contributed by atoms with van der Waals surface area (Å²) in [7, 11) is 0. The number of ether oxygens (including phenoxy) is 3.